The standard InChI is InChI=1S/C20H21N7O.C19H16F4N4O.C19H19FN4O2.C19H19N7O.C19H17N5O/c1-13-9-25(6-5-21-13)15-3-4-18-23-16(7-20(28)27(18)11-15)17-12-26-10-14(2)22-8-19(26)24-17;20-14-8-12(7-13(9-14)19(21,22)23)16-10-18(28)27-11-15(1-2-17(27)25-16)26-5-3-24-4-6-26;1-26-17-4-2-13(10-15(17)20)16-11-19(25)24-12-14(3-5-18(24)22-16)23-8-6-21-7-9-23;1-13-10-25-12-16(23-18(25)9-21-13)15-8-19(27)26-11-14(2-3-17(26)22-15)24-6-4-20-5-7-24;20-12-14-1-3-15(4-2-14)17-11-19(25)24-13-16(5-6-18(24)22-17)23-9-7-21-8-10-23/h3-4,7-8,10-13,21H,5-6,9H2,1-2H3;1-2,7-11,24H,3-6H2;2-5,10-12,21H,6-9H2,1H3;2-3,8-12,20H,4-7H2,1H3;1-6,11,13,21H,7-10H2/t13-;;;;/m0..../s1. The number of pyridine rings is 5. The highest BCUT2D eigenvalue weighted by atomic mass is 19.4. The molecule has 0 spiro atoms. The van der Waals surface area contributed by atoms with Gasteiger partial charge in [-0.3, -0.25) is 55.9 Å². The van der Waals surface area contributed by atoms with Gasteiger partial charge in [-0.1, -0.05) is 12.1 Å². The summed E-state index contributed by atoms with van der Waals surface area (Å²) in [7, 11) is 1.41. The lowest BCUT2D eigenvalue weighted by Crippen LogP contribution is -2.49. The Morgan fingerprint density at radius 2 is 0.716 bits per heavy atom. The number of nitriles is 1. The van der Waals surface area contributed by atoms with Gasteiger partial charge in [0.25, 0.3) is 27.8 Å². The number of fused-ring (bicyclic) bond motifs is 7. The minimum atomic E-state index is -4.69. The number of alkyl halides is 3. The highest BCUT2D eigenvalue weighted by Crippen LogP contribution is 2.34. The summed E-state index contributed by atoms with van der Waals surface area (Å²) in [6.07, 6.45) is 15.4. The molecule has 33 nitrogen and oxygen atoms in total. The van der Waals surface area contributed by atoms with Gasteiger partial charge in [-0.2, -0.15) is 18.4 Å². The van der Waals surface area contributed by atoms with Crippen LogP contribution in [0.3, 0.4) is 0 Å². The first-order valence-corrected chi connectivity index (χ1v) is 43.8. The molecule has 38 heteroatoms. The van der Waals surface area contributed by atoms with E-state index in [9.17, 15) is 45.9 Å². The van der Waals surface area contributed by atoms with Crippen LogP contribution in [0.4, 0.5) is 50.4 Å². The van der Waals surface area contributed by atoms with E-state index < -0.39 is 28.9 Å². The van der Waals surface area contributed by atoms with Crippen LogP contribution in [0, 0.1) is 36.8 Å². The van der Waals surface area contributed by atoms with Crippen molar-refractivity contribution in [1.29, 1.82) is 5.26 Å². The number of piperazine rings is 5. The third-order valence-corrected chi connectivity index (χ3v) is 23.6. The van der Waals surface area contributed by atoms with Crippen molar-refractivity contribution >= 4 is 68.0 Å². The molecule has 0 aliphatic carbocycles. The fraction of sp³-hybridized carbons (Fsp3) is 0.260. The van der Waals surface area contributed by atoms with Crippen molar-refractivity contribution in [2.24, 2.45) is 0 Å². The summed E-state index contributed by atoms with van der Waals surface area (Å²) >= 11 is 0. The number of hydrogen-bond acceptors (Lipinski definition) is 26. The predicted molar refractivity (Wildman–Crippen MR) is 503 cm³/mol. The Balaban J connectivity index is 0.000000112. The lowest BCUT2D eigenvalue weighted by molar-refractivity contribution is -0.137. The highest BCUT2D eigenvalue weighted by molar-refractivity contribution is 5.69. The topological polar surface area (TPSA) is 342 Å². The molecule has 17 aromatic rings. The SMILES string of the molecule is COc1ccc(-c2cc(=O)n3cc(N4CCNCC4)ccc3n2)cc1F.Cc1cn2cc(-c3cc(=O)n4cc(N5CCNCC5)ccc4n3)nc2cn1.Cc1cn2cc(-c3cc(=O)n4cc(N5CCN[C@@H](C)C5)ccc4n3)nc2cn1.N#Cc1ccc(-c2cc(=O)n3cc(N4CCNCC4)ccc3n2)cc1.O=c1cc(-c2cc(F)cc(C(F)(F)F)c2)nc2ccc(N3CCNCC3)cn12. The van der Waals surface area contributed by atoms with Crippen LogP contribution in [0.15, 0.2) is 244 Å². The molecule has 0 saturated carbocycles. The van der Waals surface area contributed by atoms with Crippen molar-refractivity contribution in [3.8, 4) is 68.4 Å². The van der Waals surface area contributed by atoms with Crippen molar-refractivity contribution in [3.05, 3.63) is 306 Å². The second-order valence-electron chi connectivity index (χ2n) is 32.8. The van der Waals surface area contributed by atoms with E-state index in [0.717, 1.165) is 199 Å². The number of imidazole rings is 2. The lowest BCUT2D eigenvalue weighted by atomic mass is 10.1. The van der Waals surface area contributed by atoms with Gasteiger partial charge in [0.2, 0.25) is 0 Å². The molecule has 0 unspecified atom stereocenters. The molecular weight excluding hydrogens is 1720 g/mol. The van der Waals surface area contributed by atoms with Crippen molar-refractivity contribution in [1.82, 2.24) is 102 Å². The van der Waals surface area contributed by atoms with E-state index in [1.807, 2.05) is 139 Å². The Morgan fingerprint density at radius 3 is 1.08 bits per heavy atom. The first-order valence-electron chi connectivity index (χ1n) is 43.8. The first-order chi connectivity index (χ1) is 64.9. The molecule has 134 heavy (non-hydrogen) atoms. The molecule has 5 fully saturated rings. The largest absolute Gasteiger partial charge is 0.494 e. The molecule has 5 aliphatic heterocycles. The summed E-state index contributed by atoms with van der Waals surface area (Å²) in [6, 6.07) is 42.4. The number of aryl methyl sites for hydroxylation is 2. The van der Waals surface area contributed by atoms with Gasteiger partial charge in [0.05, 0.1) is 105 Å². The second-order valence-corrected chi connectivity index (χ2v) is 32.8. The number of nitrogens with one attached hydrogen (secondary N) is 5. The van der Waals surface area contributed by atoms with E-state index in [1.165, 1.54) is 46.2 Å². The summed E-state index contributed by atoms with van der Waals surface area (Å²) in [5.41, 5.74) is 14.1. The fourth-order valence-corrected chi connectivity index (χ4v) is 16.6. The summed E-state index contributed by atoms with van der Waals surface area (Å²) in [4.78, 5) is 115. The zero-order chi connectivity index (χ0) is 92.8. The van der Waals surface area contributed by atoms with Gasteiger partial charge in [0.1, 0.15) is 45.4 Å². The zero-order valence-corrected chi connectivity index (χ0v) is 73.5. The number of benzene rings is 3. The molecule has 19 heterocycles. The molecule has 0 radical (unpaired) electrons. The van der Waals surface area contributed by atoms with Crippen LogP contribution >= 0.6 is 0 Å². The molecule has 682 valence electrons. The molecule has 5 N–H and O–H groups in total. The summed E-state index contributed by atoms with van der Waals surface area (Å²) in [5.74, 6) is -1.37. The average Bonchev–Trinajstić information content (AvgIpc) is 0.941. The number of aromatic nitrogens is 16. The molecule has 1 atom stereocenters. The van der Waals surface area contributed by atoms with Crippen LogP contribution in [0.1, 0.15) is 29.4 Å². The molecule has 5 aliphatic rings. The van der Waals surface area contributed by atoms with Crippen LogP contribution in [-0.2, 0) is 6.18 Å². The zero-order valence-electron chi connectivity index (χ0n) is 73.5. The Kier molecular flexibility index (Phi) is 25.8. The Morgan fingerprint density at radius 1 is 0.373 bits per heavy atom. The van der Waals surface area contributed by atoms with E-state index in [4.69, 9.17) is 10.00 Å². The maximum atomic E-state index is 14.0. The molecule has 5 saturated heterocycles. The van der Waals surface area contributed by atoms with E-state index >= 15 is 0 Å². The van der Waals surface area contributed by atoms with Crippen LogP contribution in [0.5, 0.6) is 5.75 Å². The van der Waals surface area contributed by atoms with Crippen LogP contribution in [-0.4, -0.2) is 213 Å². The summed E-state index contributed by atoms with van der Waals surface area (Å²) < 4.78 is 82.9. The van der Waals surface area contributed by atoms with E-state index in [2.05, 4.69) is 109 Å². The van der Waals surface area contributed by atoms with Crippen molar-refractivity contribution < 1.29 is 26.7 Å². The van der Waals surface area contributed by atoms with Gasteiger partial charge in [-0.25, -0.2) is 43.7 Å². The third-order valence-electron chi connectivity index (χ3n) is 23.6. The molecule has 14 aromatic heterocycles. The second kappa shape index (κ2) is 38.9. The summed E-state index contributed by atoms with van der Waals surface area (Å²) in [5, 5.41) is 25.5. The number of hydrogen-bond donors (Lipinski definition) is 5. The van der Waals surface area contributed by atoms with Crippen LogP contribution < -0.4 is 83.6 Å². The van der Waals surface area contributed by atoms with Crippen molar-refractivity contribution in [2.45, 2.75) is 33.0 Å². The van der Waals surface area contributed by atoms with Gasteiger partial charge < -0.3 is 64.6 Å². The number of rotatable bonds is 11. The Labute approximate surface area is 761 Å². The Hall–Kier alpha value is -15.6. The average molecular weight is 1810 g/mol. The third kappa shape index (κ3) is 20.0. The maximum Gasteiger partial charge on any atom is 0.416 e. The van der Waals surface area contributed by atoms with E-state index in [0.29, 0.717) is 80.0 Å². The molecular formula is C96H92F5N27O6. The van der Waals surface area contributed by atoms with E-state index in [1.54, 1.807) is 62.1 Å². The monoisotopic (exact) mass is 1810 g/mol. The number of anilines is 5. The lowest BCUT2D eigenvalue weighted by Gasteiger charge is -2.33. The smallest absolute Gasteiger partial charge is 0.416 e. The number of methoxy groups -OCH3 is 1. The quantitative estimate of drug-likeness (QED) is 0.0753. The number of ether oxygens (including phenoxy) is 1. The number of nitrogens with zero attached hydrogens (tertiary/aromatic N) is 22. The Bertz CT molecular complexity index is 7640. The molecule has 3 aromatic carbocycles. The highest BCUT2D eigenvalue weighted by Gasteiger charge is 2.32. The minimum absolute atomic E-state index is 0.00933. The predicted octanol–water partition coefficient (Wildman–Crippen LogP) is 9.12. The number of halogens is 5. The molecule has 22 rings (SSSR count). The van der Waals surface area contributed by atoms with Crippen LogP contribution in [0.2, 0.25) is 0 Å². The van der Waals surface area contributed by atoms with Crippen LogP contribution in [0.25, 0.3) is 96.1 Å². The van der Waals surface area contributed by atoms with Gasteiger partial charge in [-0.05, 0) is 130 Å². The molecule has 0 amide bonds. The maximum absolute atomic E-state index is 14.0. The summed E-state index contributed by atoms with van der Waals surface area (Å²) in [6.45, 7) is 23.2. The van der Waals surface area contributed by atoms with Gasteiger partial charge in [0.15, 0.2) is 22.9 Å². The molecule has 0 bridgehead atoms. The van der Waals surface area contributed by atoms with E-state index in [-0.39, 0.29) is 44.9 Å². The fourth-order valence-electron chi connectivity index (χ4n) is 16.6. The van der Waals surface area contributed by atoms with Crippen molar-refractivity contribution in [2.75, 3.05) is 156 Å². The normalized spacial score (nSPS) is 15.4. The minimum Gasteiger partial charge on any atom is -0.494 e. The van der Waals surface area contributed by atoms with Gasteiger partial charge in [-0.15, -0.1) is 0 Å². The van der Waals surface area contributed by atoms with Gasteiger partial charge >= 0.3 is 6.18 Å². The van der Waals surface area contributed by atoms with Crippen molar-refractivity contribution in [3.63, 3.8) is 0 Å². The van der Waals surface area contributed by atoms with Gasteiger partial charge in [0, 0.05) is 233 Å². The first kappa shape index (κ1) is 89.1.